The quantitative estimate of drug-likeness (QED) is 0.739. The number of nitrogens with two attached hydrogens (primary N) is 1. The van der Waals surface area contributed by atoms with Gasteiger partial charge in [0.25, 0.3) is 0 Å². The summed E-state index contributed by atoms with van der Waals surface area (Å²) in [7, 11) is 1.25. The second kappa shape index (κ2) is 3.69. The number of aryl methyl sites for hydroxylation is 1. The maximum atomic E-state index is 11.4. The highest BCUT2D eigenvalue weighted by Crippen LogP contribution is 2.36. The molecule has 90 valence electrons. The van der Waals surface area contributed by atoms with Crippen molar-refractivity contribution in [3.8, 4) is 5.75 Å². The van der Waals surface area contributed by atoms with E-state index < -0.39 is 5.97 Å². The number of anilines is 1. The van der Waals surface area contributed by atoms with E-state index in [1.54, 1.807) is 13.8 Å². The van der Waals surface area contributed by atoms with Crippen LogP contribution < -0.4 is 5.73 Å². The van der Waals surface area contributed by atoms with Crippen LogP contribution in [-0.4, -0.2) is 18.2 Å². The normalized spacial score (nSPS) is 10.8. The van der Waals surface area contributed by atoms with E-state index in [0.29, 0.717) is 16.5 Å². The number of benzene rings is 1. The first kappa shape index (κ1) is 11.3. The van der Waals surface area contributed by atoms with Crippen molar-refractivity contribution in [2.24, 2.45) is 0 Å². The van der Waals surface area contributed by atoms with Crippen molar-refractivity contribution in [1.82, 2.24) is 0 Å². The van der Waals surface area contributed by atoms with Crippen LogP contribution in [0.1, 0.15) is 21.7 Å². The first-order valence-corrected chi connectivity index (χ1v) is 5.06. The molecule has 2 rings (SSSR count). The number of methoxy groups -OCH3 is 1. The molecule has 0 radical (unpaired) electrons. The number of aromatic hydroxyl groups is 1. The van der Waals surface area contributed by atoms with Crippen LogP contribution in [0.25, 0.3) is 11.0 Å². The van der Waals surface area contributed by atoms with Crippen molar-refractivity contribution in [1.29, 1.82) is 0 Å². The van der Waals surface area contributed by atoms with Crippen molar-refractivity contribution in [2.45, 2.75) is 13.8 Å². The van der Waals surface area contributed by atoms with Gasteiger partial charge >= 0.3 is 5.97 Å². The summed E-state index contributed by atoms with van der Waals surface area (Å²) in [5, 5.41) is 10.2. The molecule has 17 heavy (non-hydrogen) atoms. The topological polar surface area (TPSA) is 85.7 Å². The number of ether oxygens (including phenoxy) is 1. The molecule has 0 fully saturated rings. The average Bonchev–Trinajstić information content (AvgIpc) is 2.64. The lowest BCUT2D eigenvalue weighted by Gasteiger charge is -2.03. The van der Waals surface area contributed by atoms with Gasteiger partial charge in [0, 0.05) is 5.39 Å². The Morgan fingerprint density at radius 2 is 2.06 bits per heavy atom. The fourth-order valence-electron chi connectivity index (χ4n) is 1.73. The molecule has 0 saturated carbocycles. The summed E-state index contributed by atoms with van der Waals surface area (Å²) >= 11 is 0. The van der Waals surface area contributed by atoms with Crippen LogP contribution in [0.4, 0.5) is 5.69 Å². The first-order valence-electron chi connectivity index (χ1n) is 5.06. The van der Waals surface area contributed by atoms with Gasteiger partial charge in [-0.1, -0.05) is 0 Å². The number of hydrogen-bond acceptors (Lipinski definition) is 5. The van der Waals surface area contributed by atoms with Crippen LogP contribution >= 0.6 is 0 Å². The third-order valence-electron chi connectivity index (χ3n) is 2.92. The standard InChI is InChI=1S/C12H13NO4/c1-5-6(2)10-7(4-8(5)14)9(13)11(17-10)12(15)16-3/h4,14H,13H2,1-3H3. The molecule has 0 amide bonds. The summed E-state index contributed by atoms with van der Waals surface area (Å²) in [4.78, 5) is 11.4. The molecular formula is C12H13NO4. The molecule has 0 aliphatic heterocycles. The summed E-state index contributed by atoms with van der Waals surface area (Å²) in [6, 6.07) is 1.49. The molecule has 1 aromatic heterocycles. The van der Waals surface area contributed by atoms with Crippen LogP contribution in [0, 0.1) is 13.8 Å². The highest BCUT2D eigenvalue weighted by molar-refractivity contribution is 6.04. The molecule has 1 aromatic carbocycles. The van der Waals surface area contributed by atoms with Crippen LogP contribution in [0.5, 0.6) is 5.75 Å². The zero-order valence-corrected chi connectivity index (χ0v) is 9.83. The van der Waals surface area contributed by atoms with Gasteiger partial charge in [0.1, 0.15) is 11.3 Å². The molecular weight excluding hydrogens is 222 g/mol. The molecule has 5 nitrogen and oxygen atoms in total. The van der Waals surface area contributed by atoms with E-state index >= 15 is 0 Å². The Labute approximate surface area is 97.8 Å². The number of furan rings is 1. The summed E-state index contributed by atoms with van der Waals surface area (Å²) in [5.74, 6) is -0.537. The van der Waals surface area contributed by atoms with E-state index in [1.807, 2.05) is 0 Å². The Morgan fingerprint density at radius 3 is 2.65 bits per heavy atom. The Kier molecular flexibility index (Phi) is 2.46. The van der Waals surface area contributed by atoms with E-state index in [2.05, 4.69) is 4.74 Å². The zero-order chi connectivity index (χ0) is 12.7. The summed E-state index contributed by atoms with van der Waals surface area (Å²) in [6.07, 6.45) is 0. The van der Waals surface area contributed by atoms with Crippen LogP contribution in [0.15, 0.2) is 10.5 Å². The molecule has 0 spiro atoms. The van der Waals surface area contributed by atoms with E-state index in [9.17, 15) is 9.90 Å². The fourth-order valence-corrected chi connectivity index (χ4v) is 1.73. The van der Waals surface area contributed by atoms with Crippen LogP contribution in [0.2, 0.25) is 0 Å². The SMILES string of the molecule is COC(=O)c1oc2c(C)c(C)c(O)cc2c1N. The molecule has 0 unspecified atom stereocenters. The Hall–Kier alpha value is -2.17. The number of phenolic OH excluding ortho intramolecular Hbond substituents is 1. The monoisotopic (exact) mass is 235 g/mol. The molecule has 0 aliphatic carbocycles. The molecule has 0 saturated heterocycles. The van der Waals surface area contributed by atoms with Crippen molar-refractivity contribution in [2.75, 3.05) is 12.8 Å². The lowest BCUT2D eigenvalue weighted by atomic mass is 10.1. The summed E-state index contributed by atoms with van der Waals surface area (Å²) in [6.45, 7) is 3.56. The Bertz CT molecular complexity index is 613. The third-order valence-corrected chi connectivity index (χ3v) is 2.92. The number of carbonyl (C=O) groups excluding carboxylic acids is 1. The Morgan fingerprint density at radius 1 is 1.41 bits per heavy atom. The van der Waals surface area contributed by atoms with Gasteiger partial charge in [-0.3, -0.25) is 0 Å². The second-order valence-corrected chi connectivity index (χ2v) is 3.86. The summed E-state index contributed by atoms with van der Waals surface area (Å²) in [5.41, 5.74) is 7.93. The molecule has 0 atom stereocenters. The molecule has 1 heterocycles. The number of rotatable bonds is 1. The van der Waals surface area contributed by atoms with Crippen molar-refractivity contribution in [3.63, 3.8) is 0 Å². The maximum absolute atomic E-state index is 11.4. The Balaban J connectivity index is 2.83. The van der Waals surface area contributed by atoms with Crippen molar-refractivity contribution < 1.29 is 19.1 Å². The van der Waals surface area contributed by atoms with Crippen LogP contribution in [-0.2, 0) is 4.74 Å². The van der Waals surface area contributed by atoms with E-state index in [4.69, 9.17) is 10.2 Å². The number of esters is 1. The summed E-state index contributed by atoms with van der Waals surface area (Å²) < 4.78 is 9.98. The maximum Gasteiger partial charge on any atom is 0.376 e. The minimum Gasteiger partial charge on any atom is -0.508 e. The van der Waals surface area contributed by atoms with Gasteiger partial charge in [0.15, 0.2) is 0 Å². The number of fused-ring (bicyclic) bond motifs is 1. The molecule has 2 aromatic rings. The predicted molar refractivity (Wildman–Crippen MR) is 63.1 cm³/mol. The van der Waals surface area contributed by atoms with Gasteiger partial charge in [-0.05, 0) is 31.0 Å². The molecule has 5 heteroatoms. The van der Waals surface area contributed by atoms with E-state index in [0.717, 1.165) is 5.56 Å². The van der Waals surface area contributed by atoms with Gasteiger partial charge in [-0.15, -0.1) is 0 Å². The van der Waals surface area contributed by atoms with E-state index in [1.165, 1.54) is 13.2 Å². The largest absolute Gasteiger partial charge is 0.508 e. The number of phenols is 1. The molecule has 3 N–H and O–H groups in total. The number of carbonyl (C=O) groups is 1. The van der Waals surface area contributed by atoms with Gasteiger partial charge in [-0.2, -0.15) is 0 Å². The lowest BCUT2D eigenvalue weighted by Crippen LogP contribution is -2.02. The van der Waals surface area contributed by atoms with Gasteiger partial charge in [0.05, 0.1) is 12.8 Å². The van der Waals surface area contributed by atoms with Crippen molar-refractivity contribution in [3.05, 3.63) is 23.0 Å². The van der Waals surface area contributed by atoms with Gasteiger partial charge < -0.3 is 20.0 Å². The predicted octanol–water partition coefficient (Wildman–Crippen LogP) is 2.12. The first-order chi connectivity index (χ1) is 7.97. The highest BCUT2D eigenvalue weighted by Gasteiger charge is 2.21. The number of nitrogen functional groups attached to an aromatic ring is 1. The zero-order valence-electron chi connectivity index (χ0n) is 9.83. The molecule has 0 aliphatic rings. The molecule has 0 bridgehead atoms. The van der Waals surface area contributed by atoms with Gasteiger partial charge in [-0.25, -0.2) is 4.79 Å². The highest BCUT2D eigenvalue weighted by atomic mass is 16.5. The van der Waals surface area contributed by atoms with Gasteiger partial charge in [0.2, 0.25) is 5.76 Å². The van der Waals surface area contributed by atoms with Crippen molar-refractivity contribution >= 4 is 22.6 Å². The average molecular weight is 235 g/mol. The number of hydrogen-bond donors (Lipinski definition) is 2. The minimum atomic E-state index is -0.629. The lowest BCUT2D eigenvalue weighted by molar-refractivity contribution is 0.0569. The van der Waals surface area contributed by atoms with Crippen LogP contribution in [0.3, 0.4) is 0 Å². The minimum absolute atomic E-state index is 0.0319. The second-order valence-electron chi connectivity index (χ2n) is 3.86. The third kappa shape index (κ3) is 1.51. The fraction of sp³-hybridized carbons (Fsp3) is 0.250. The smallest absolute Gasteiger partial charge is 0.376 e. The van der Waals surface area contributed by atoms with E-state index in [-0.39, 0.29) is 17.2 Å².